The Balaban J connectivity index is 1.74. The largest absolute Gasteiger partial charge is 0.387 e. The second kappa shape index (κ2) is 5.80. The number of hydrogen-bond donors (Lipinski definition) is 1. The van der Waals surface area contributed by atoms with Crippen LogP contribution in [0.2, 0.25) is 0 Å². The summed E-state index contributed by atoms with van der Waals surface area (Å²) < 4.78 is 6.71. The van der Waals surface area contributed by atoms with Gasteiger partial charge in [-0.05, 0) is 18.6 Å². The molecule has 0 saturated carbocycles. The fraction of sp³-hybridized carbons (Fsp3) is 0.308. The highest BCUT2D eigenvalue weighted by molar-refractivity contribution is 5.46. The third-order valence-electron chi connectivity index (χ3n) is 2.94. The Kier molecular flexibility index (Phi) is 3.69. The van der Waals surface area contributed by atoms with Gasteiger partial charge in [-0.25, -0.2) is 4.68 Å². The number of aliphatic hydroxyl groups excluding tert-OH is 1. The smallest absolute Gasteiger partial charge is 0.248 e. The van der Waals surface area contributed by atoms with Crippen molar-refractivity contribution in [2.75, 3.05) is 0 Å². The molecule has 0 saturated heterocycles. The van der Waals surface area contributed by atoms with Gasteiger partial charge in [0, 0.05) is 6.20 Å². The van der Waals surface area contributed by atoms with Crippen molar-refractivity contribution in [3.8, 4) is 11.5 Å². The summed E-state index contributed by atoms with van der Waals surface area (Å²) in [6.07, 6.45) is 3.31. The summed E-state index contributed by atoms with van der Waals surface area (Å²) in [6, 6.07) is 5.48. The van der Waals surface area contributed by atoms with Gasteiger partial charge in [-0.2, -0.15) is 4.98 Å². The third-order valence-corrected chi connectivity index (χ3v) is 2.94. The molecule has 21 heavy (non-hydrogen) atoms. The molecule has 0 aromatic carbocycles. The predicted octanol–water partition coefficient (Wildman–Crippen LogP) is 1.21. The Morgan fingerprint density at radius 2 is 2.29 bits per heavy atom. The monoisotopic (exact) mass is 286 g/mol. The molecule has 0 amide bonds. The molecule has 1 N–H and O–H groups in total. The maximum Gasteiger partial charge on any atom is 0.248 e. The molecule has 8 heteroatoms. The van der Waals surface area contributed by atoms with E-state index in [4.69, 9.17) is 4.52 Å². The van der Waals surface area contributed by atoms with Crippen LogP contribution in [0.5, 0.6) is 0 Å². The highest BCUT2D eigenvalue weighted by Gasteiger charge is 2.13. The lowest BCUT2D eigenvalue weighted by Crippen LogP contribution is -2.01. The van der Waals surface area contributed by atoms with Gasteiger partial charge in [0.1, 0.15) is 17.9 Å². The Labute approximate surface area is 120 Å². The fourth-order valence-electron chi connectivity index (χ4n) is 1.81. The van der Waals surface area contributed by atoms with Crippen LogP contribution in [0, 0.1) is 0 Å². The van der Waals surface area contributed by atoms with Gasteiger partial charge in [-0.3, -0.25) is 4.98 Å². The van der Waals surface area contributed by atoms with Gasteiger partial charge in [0.15, 0.2) is 0 Å². The Morgan fingerprint density at radius 3 is 3.05 bits per heavy atom. The normalized spacial score (nSPS) is 12.5. The second-order valence-electron chi connectivity index (χ2n) is 4.49. The van der Waals surface area contributed by atoms with Crippen molar-refractivity contribution in [3.05, 3.63) is 42.2 Å². The van der Waals surface area contributed by atoms with E-state index in [1.807, 2.05) is 19.1 Å². The van der Waals surface area contributed by atoms with E-state index in [0.717, 1.165) is 0 Å². The first-order chi connectivity index (χ1) is 10.3. The number of hydrogen-bond acceptors (Lipinski definition) is 7. The first-order valence-corrected chi connectivity index (χ1v) is 6.58. The van der Waals surface area contributed by atoms with Crippen molar-refractivity contribution >= 4 is 0 Å². The molecule has 108 valence electrons. The van der Waals surface area contributed by atoms with Crippen LogP contribution in [0.3, 0.4) is 0 Å². The SMILES string of the molecule is CCC(O)c1cn(Cc2nc(-c3ccccn3)no2)nn1. The minimum Gasteiger partial charge on any atom is -0.387 e. The van der Waals surface area contributed by atoms with Gasteiger partial charge in [-0.15, -0.1) is 5.10 Å². The van der Waals surface area contributed by atoms with E-state index in [-0.39, 0.29) is 0 Å². The summed E-state index contributed by atoms with van der Waals surface area (Å²) in [5.74, 6) is 0.831. The standard InChI is InChI=1S/C13H14N6O2/c1-2-11(20)10-7-19(18-16-10)8-12-15-13(17-21-12)9-5-3-4-6-14-9/h3-7,11,20H,2,8H2,1H3. The van der Waals surface area contributed by atoms with Crippen molar-refractivity contribution in [2.45, 2.75) is 26.0 Å². The van der Waals surface area contributed by atoms with Crippen molar-refractivity contribution in [1.29, 1.82) is 0 Å². The molecule has 0 aliphatic rings. The summed E-state index contributed by atoms with van der Waals surface area (Å²) >= 11 is 0. The van der Waals surface area contributed by atoms with Crippen molar-refractivity contribution in [1.82, 2.24) is 30.1 Å². The maximum atomic E-state index is 9.69. The molecule has 3 aromatic heterocycles. The summed E-state index contributed by atoms with van der Waals surface area (Å²) in [6.45, 7) is 2.17. The molecule has 0 fully saturated rings. The van der Waals surface area contributed by atoms with Crippen LogP contribution in [0.4, 0.5) is 0 Å². The number of pyridine rings is 1. The maximum absolute atomic E-state index is 9.69. The zero-order valence-electron chi connectivity index (χ0n) is 11.4. The highest BCUT2D eigenvalue weighted by atomic mass is 16.5. The molecule has 0 radical (unpaired) electrons. The van der Waals surface area contributed by atoms with E-state index in [1.165, 1.54) is 0 Å². The molecule has 8 nitrogen and oxygen atoms in total. The van der Waals surface area contributed by atoms with Crippen molar-refractivity contribution in [3.63, 3.8) is 0 Å². The van der Waals surface area contributed by atoms with Crippen LogP contribution in [0.25, 0.3) is 11.5 Å². The Morgan fingerprint density at radius 1 is 1.38 bits per heavy atom. The van der Waals surface area contributed by atoms with Crippen molar-refractivity contribution < 1.29 is 9.63 Å². The molecule has 3 heterocycles. The van der Waals surface area contributed by atoms with Crippen LogP contribution < -0.4 is 0 Å². The lowest BCUT2D eigenvalue weighted by Gasteiger charge is -2.00. The van der Waals surface area contributed by atoms with E-state index >= 15 is 0 Å². The Bertz CT molecular complexity index is 708. The van der Waals surface area contributed by atoms with Crippen LogP contribution in [-0.4, -0.2) is 35.2 Å². The summed E-state index contributed by atoms with van der Waals surface area (Å²) in [7, 11) is 0. The van der Waals surface area contributed by atoms with Gasteiger partial charge in [0.2, 0.25) is 11.7 Å². The van der Waals surface area contributed by atoms with Gasteiger partial charge >= 0.3 is 0 Å². The minimum atomic E-state index is -0.606. The minimum absolute atomic E-state index is 0.295. The first-order valence-electron chi connectivity index (χ1n) is 6.58. The Hall–Kier alpha value is -2.61. The molecule has 1 atom stereocenters. The molecular formula is C13H14N6O2. The van der Waals surface area contributed by atoms with Gasteiger partial charge in [0.05, 0.1) is 12.3 Å². The molecule has 0 aliphatic heterocycles. The molecule has 3 rings (SSSR count). The van der Waals surface area contributed by atoms with Crippen LogP contribution >= 0.6 is 0 Å². The predicted molar refractivity (Wildman–Crippen MR) is 71.9 cm³/mol. The molecule has 3 aromatic rings. The lowest BCUT2D eigenvalue weighted by molar-refractivity contribution is 0.168. The zero-order valence-corrected chi connectivity index (χ0v) is 11.4. The fourth-order valence-corrected chi connectivity index (χ4v) is 1.81. The number of aromatic nitrogens is 6. The number of nitrogens with zero attached hydrogens (tertiary/aromatic N) is 6. The van der Waals surface area contributed by atoms with E-state index in [0.29, 0.717) is 36.1 Å². The van der Waals surface area contributed by atoms with E-state index in [2.05, 4.69) is 25.4 Å². The summed E-state index contributed by atoms with van der Waals surface area (Å²) in [5.41, 5.74) is 1.18. The van der Waals surface area contributed by atoms with Crippen LogP contribution in [0.15, 0.2) is 35.1 Å². The molecule has 0 aliphatic carbocycles. The van der Waals surface area contributed by atoms with Crippen molar-refractivity contribution in [2.24, 2.45) is 0 Å². The van der Waals surface area contributed by atoms with E-state index in [1.54, 1.807) is 23.1 Å². The topological polar surface area (TPSA) is 103 Å². The first kappa shape index (κ1) is 13.4. The van der Waals surface area contributed by atoms with Crippen LogP contribution in [-0.2, 0) is 6.54 Å². The highest BCUT2D eigenvalue weighted by Crippen LogP contribution is 2.14. The average molecular weight is 286 g/mol. The van der Waals surface area contributed by atoms with Gasteiger partial charge < -0.3 is 9.63 Å². The van der Waals surface area contributed by atoms with E-state index in [9.17, 15) is 5.11 Å². The summed E-state index contributed by atoms with van der Waals surface area (Å²) in [5, 5.41) is 21.4. The zero-order chi connectivity index (χ0) is 14.7. The van der Waals surface area contributed by atoms with Crippen LogP contribution in [0.1, 0.15) is 31.0 Å². The molecule has 0 spiro atoms. The van der Waals surface area contributed by atoms with Gasteiger partial charge in [0.25, 0.3) is 0 Å². The second-order valence-corrected chi connectivity index (χ2v) is 4.49. The molecular weight excluding hydrogens is 272 g/mol. The summed E-state index contributed by atoms with van der Waals surface area (Å²) in [4.78, 5) is 8.41. The average Bonchev–Trinajstić information content (AvgIpc) is 3.17. The number of aliphatic hydroxyl groups is 1. The molecule has 1 unspecified atom stereocenters. The van der Waals surface area contributed by atoms with E-state index < -0.39 is 6.10 Å². The third kappa shape index (κ3) is 2.95. The van der Waals surface area contributed by atoms with Gasteiger partial charge in [-0.1, -0.05) is 23.4 Å². The quantitative estimate of drug-likeness (QED) is 0.752. The molecule has 0 bridgehead atoms. The number of rotatable bonds is 5. The lowest BCUT2D eigenvalue weighted by atomic mass is 10.2.